The Morgan fingerprint density at radius 1 is 1.82 bits per heavy atom. The van der Waals surface area contributed by atoms with Gasteiger partial charge in [0.15, 0.2) is 5.84 Å². The molecule has 2 N–H and O–H groups in total. The van der Waals surface area contributed by atoms with Crippen LogP contribution in [0.3, 0.4) is 0 Å². The van der Waals surface area contributed by atoms with E-state index in [2.05, 4.69) is 9.99 Å². The molecular weight excluding hydrogens is 144 g/mol. The first-order valence-electron chi connectivity index (χ1n) is 3.71. The average molecular weight is 156 g/mol. The molecule has 1 aliphatic heterocycles. The number of carbonyl (C=O) groups is 1. The number of nitrogens with two attached hydrogens (primary N) is 1. The summed E-state index contributed by atoms with van der Waals surface area (Å²) in [4.78, 5) is 15.4. The lowest BCUT2D eigenvalue weighted by Gasteiger charge is -2.11. The van der Waals surface area contributed by atoms with Gasteiger partial charge in [-0.05, 0) is 5.92 Å². The molecule has 0 aromatic heterocycles. The second-order valence-electron chi connectivity index (χ2n) is 2.79. The fraction of sp³-hybridized carbons (Fsp3) is 0.714. The summed E-state index contributed by atoms with van der Waals surface area (Å²) in [7, 11) is 0. The van der Waals surface area contributed by atoms with Crippen molar-refractivity contribution < 1.29 is 9.63 Å². The van der Waals surface area contributed by atoms with Gasteiger partial charge in [-0.3, -0.25) is 0 Å². The van der Waals surface area contributed by atoms with Crippen LogP contribution in [0.15, 0.2) is 5.16 Å². The molecule has 0 aromatic carbocycles. The van der Waals surface area contributed by atoms with E-state index >= 15 is 0 Å². The third kappa shape index (κ3) is 1.34. The molecule has 1 rings (SSSR count). The monoisotopic (exact) mass is 156 g/mol. The van der Waals surface area contributed by atoms with Gasteiger partial charge in [-0.2, -0.15) is 0 Å². The zero-order valence-corrected chi connectivity index (χ0v) is 6.70. The molecule has 1 heterocycles. The van der Waals surface area contributed by atoms with E-state index in [9.17, 15) is 4.79 Å². The van der Waals surface area contributed by atoms with Crippen molar-refractivity contribution >= 4 is 11.8 Å². The van der Waals surface area contributed by atoms with Crippen LogP contribution in [0.25, 0.3) is 0 Å². The van der Waals surface area contributed by atoms with Gasteiger partial charge < -0.3 is 10.6 Å². The predicted molar refractivity (Wildman–Crippen MR) is 40.7 cm³/mol. The van der Waals surface area contributed by atoms with Crippen molar-refractivity contribution in [2.24, 2.45) is 22.7 Å². The van der Waals surface area contributed by atoms with E-state index < -0.39 is 0 Å². The van der Waals surface area contributed by atoms with E-state index in [1.54, 1.807) is 0 Å². The SMILES string of the molecule is CCC(C)C1C(=O)ON=C1N. The summed E-state index contributed by atoms with van der Waals surface area (Å²) in [6.07, 6.45) is 0.899. The van der Waals surface area contributed by atoms with Gasteiger partial charge in [0.1, 0.15) is 5.92 Å². The maximum atomic E-state index is 11.0. The largest absolute Gasteiger partial charge is 0.384 e. The van der Waals surface area contributed by atoms with Crippen molar-refractivity contribution in [1.82, 2.24) is 0 Å². The van der Waals surface area contributed by atoms with Gasteiger partial charge in [-0.1, -0.05) is 25.4 Å². The summed E-state index contributed by atoms with van der Waals surface area (Å²) in [5.74, 6) is -0.116. The lowest BCUT2D eigenvalue weighted by molar-refractivity contribution is -0.144. The maximum absolute atomic E-state index is 11.0. The summed E-state index contributed by atoms with van der Waals surface area (Å²) < 4.78 is 0. The number of hydrogen-bond donors (Lipinski definition) is 1. The van der Waals surface area contributed by atoms with E-state index in [1.807, 2.05) is 13.8 Å². The quantitative estimate of drug-likeness (QED) is 0.591. The molecule has 4 heteroatoms. The van der Waals surface area contributed by atoms with Crippen LogP contribution in [0.1, 0.15) is 20.3 Å². The lowest BCUT2D eigenvalue weighted by Crippen LogP contribution is -2.30. The zero-order chi connectivity index (χ0) is 8.43. The van der Waals surface area contributed by atoms with Crippen LogP contribution in [-0.2, 0) is 9.63 Å². The number of rotatable bonds is 2. The van der Waals surface area contributed by atoms with Crippen molar-refractivity contribution in [3.05, 3.63) is 0 Å². The first-order chi connectivity index (χ1) is 5.16. The van der Waals surface area contributed by atoms with Gasteiger partial charge in [0.25, 0.3) is 0 Å². The molecule has 0 aromatic rings. The van der Waals surface area contributed by atoms with Gasteiger partial charge in [0.05, 0.1) is 0 Å². The molecule has 2 unspecified atom stereocenters. The van der Waals surface area contributed by atoms with Crippen molar-refractivity contribution in [3.8, 4) is 0 Å². The van der Waals surface area contributed by atoms with Crippen molar-refractivity contribution in [2.75, 3.05) is 0 Å². The first kappa shape index (κ1) is 8.04. The number of amidine groups is 1. The Balaban J connectivity index is 2.69. The highest BCUT2D eigenvalue weighted by Gasteiger charge is 2.34. The maximum Gasteiger partial charge on any atom is 0.346 e. The molecular formula is C7H12N2O2. The van der Waals surface area contributed by atoms with Gasteiger partial charge in [0.2, 0.25) is 0 Å². The standard InChI is InChI=1S/C7H12N2O2/c1-3-4(2)5-6(8)9-11-7(5)10/h4-5H,3H2,1-2H3,(H2,8,9). The van der Waals surface area contributed by atoms with Gasteiger partial charge in [-0.15, -0.1) is 0 Å². The lowest BCUT2D eigenvalue weighted by atomic mass is 9.91. The van der Waals surface area contributed by atoms with E-state index in [0.717, 1.165) is 6.42 Å². The highest BCUT2D eigenvalue weighted by molar-refractivity contribution is 6.03. The highest BCUT2D eigenvalue weighted by Crippen LogP contribution is 2.21. The van der Waals surface area contributed by atoms with Crippen LogP contribution in [0.5, 0.6) is 0 Å². The fourth-order valence-corrected chi connectivity index (χ4v) is 1.09. The summed E-state index contributed by atoms with van der Waals surface area (Å²) in [5, 5.41) is 3.41. The van der Waals surface area contributed by atoms with Crippen LogP contribution in [-0.4, -0.2) is 11.8 Å². The molecule has 11 heavy (non-hydrogen) atoms. The fourth-order valence-electron chi connectivity index (χ4n) is 1.09. The van der Waals surface area contributed by atoms with Gasteiger partial charge >= 0.3 is 5.97 Å². The second-order valence-corrected chi connectivity index (χ2v) is 2.79. The molecule has 0 fully saturated rings. The van der Waals surface area contributed by atoms with Crippen LogP contribution < -0.4 is 5.73 Å². The molecule has 0 bridgehead atoms. The molecule has 0 aliphatic carbocycles. The summed E-state index contributed by atoms with van der Waals surface area (Å²) >= 11 is 0. The third-order valence-electron chi connectivity index (χ3n) is 2.03. The second kappa shape index (κ2) is 2.90. The van der Waals surface area contributed by atoms with Crippen molar-refractivity contribution in [1.29, 1.82) is 0 Å². The Morgan fingerprint density at radius 3 is 2.82 bits per heavy atom. The molecule has 2 atom stereocenters. The van der Waals surface area contributed by atoms with E-state index in [1.165, 1.54) is 0 Å². The van der Waals surface area contributed by atoms with Crippen LogP contribution >= 0.6 is 0 Å². The zero-order valence-electron chi connectivity index (χ0n) is 6.70. The highest BCUT2D eigenvalue weighted by atomic mass is 16.7. The molecule has 0 spiro atoms. The molecule has 4 nitrogen and oxygen atoms in total. The Labute approximate surface area is 65.4 Å². The Morgan fingerprint density at radius 2 is 2.45 bits per heavy atom. The van der Waals surface area contributed by atoms with Crippen molar-refractivity contribution in [3.63, 3.8) is 0 Å². The van der Waals surface area contributed by atoms with E-state index in [-0.39, 0.29) is 17.8 Å². The Bertz CT molecular complexity index is 201. The minimum atomic E-state index is -0.322. The summed E-state index contributed by atoms with van der Waals surface area (Å²) in [5.41, 5.74) is 5.45. The third-order valence-corrected chi connectivity index (χ3v) is 2.03. The number of nitrogens with zero attached hydrogens (tertiary/aromatic N) is 1. The van der Waals surface area contributed by atoms with Crippen LogP contribution in [0, 0.1) is 11.8 Å². The minimum Gasteiger partial charge on any atom is -0.384 e. The molecule has 0 amide bonds. The topological polar surface area (TPSA) is 64.7 Å². The Kier molecular flexibility index (Phi) is 2.12. The average Bonchev–Trinajstić information content (AvgIpc) is 2.30. The number of oxime groups is 1. The predicted octanol–water partition coefficient (Wildman–Crippen LogP) is 0.478. The smallest absolute Gasteiger partial charge is 0.346 e. The van der Waals surface area contributed by atoms with Gasteiger partial charge in [0, 0.05) is 0 Å². The van der Waals surface area contributed by atoms with Gasteiger partial charge in [-0.25, -0.2) is 4.79 Å². The first-order valence-corrected chi connectivity index (χ1v) is 3.71. The molecule has 0 saturated carbocycles. The van der Waals surface area contributed by atoms with Crippen LogP contribution in [0.2, 0.25) is 0 Å². The molecule has 1 aliphatic rings. The minimum absolute atomic E-state index is 0.216. The number of hydrogen-bond acceptors (Lipinski definition) is 4. The Hall–Kier alpha value is -1.06. The molecule has 0 saturated heterocycles. The van der Waals surface area contributed by atoms with E-state index in [4.69, 9.17) is 5.73 Å². The molecule has 0 radical (unpaired) electrons. The summed E-state index contributed by atoms with van der Waals surface area (Å²) in [6, 6.07) is 0. The molecule has 62 valence electrons. The summed E-state index contributed by atoms with van der Waals surface area (Å²) in [6.45, 7) is 3.96. The van der Waals surface area contributed by atoms with Crippen LogP contribution in [0.4, 0.5) is 0 Å². The normalized spacial score (nSPS) is 26.2. The van der Waals surface area contributed by atoms with E-state index in [0.29, 0.717) is 5.84 Å². The number of carbonyl (C=O) groups excluding carboxylic acids is 1. The van der Waals surface area contributed by atoms with Crippen molar-refractivity contribution in [2.45, 2.75) is 20.3 Å².